The summed E-state index contributed by atoms with van der Waals surface area (Å²) in [6.45, 7) is 1.99. The summed E-state index contributed by atoms with van der Waals surface area (Å²) in [5.74, 6) is 0.109. The zero-order chi connectivity index (χ0) is 14.2. The zero-order valence-corrected chi connectivity index (χ0v) is 11.8. The average molecular weight is 288 g/mol. The number of Topliss-reactive ketones (excluding diaryl/α,β-unsaturated/α-hetero) is 1. The summed E-state index contributed by atoms with van der Waals surface area (Å²) in [5.41, 5.74) is 1.21. The minimum absolute atomic E-state index is 0.109. The smallest absolute Gasteiger partial charge is 0.187 e. The Morgan fingerprint density at radius 1 is 1.35 bits per heavy atom. The number of rotatable bonds is 4. The van der Waals surface area contributed by atoms with E-state index < -0.39 is 0 Å². The topological polar surface area (TPSA) is 47.8 Å². The normalized spacial score (nSPS) is 17.0. The number of carbonyl (C=O) groups excluding carboxylic acids is 1. The Bertz CT molecular complexity index is 655. The first-order chi connectivity index (χ1) is 9.58. The van der Waals surface area contributed by atoms with Crippen LogP contribution in [-0.2, 0) is 4.79 Å². The molecule has 1 saturated carbocycles. The fourth-order valence-corrected chi connectivity index (χ4v) is 2.13. The lowest BCUT2D eigenvalue weighted by Gasteiger charge is -2.11. The van der Waals surface area contributed by atoms with Crippen LogP contribution in [0.4, 0.5) is 0 Å². The van der Waals surface area contributed by atoms with Crippen LogP contribution in [0.1, 0.15) is 25.3 Å². The highest BCUT2D eigenvalue weighted by Gasteiger charge is 2.46. The SMILES string of the molecule is CC1(C(=O)/C(=C/c2ccc(Cl)cc2)n2cncn2)CC1. The Hall–Kier alpha value is -1.94. The Balaban J connectivity index is 2.01. The molecule has 0 radical (unpaired) electrons. The summed E-state index contributed by atoms with van der Waals surface area (Å²) in [7, 11) is 0. The molecule has 0 spiro atoms. The molecule has 1 aliphatic carbocycles. The average Bonchev–Trinajstić information content (AvgIpc) is 2.99. The molecule has 4 nitrogen and oxygen atoms in total. The molecule has 5 heteroatoms. The Kier molecular flexibility index (Phi) is 3.18. The van der Waals surface area contributed by atoms with Crippen molar-refractivity contribution in [3.05, 3.63) is 47.5 Å². The summed E-state index contributed by atoms with van der Waals surface area (Å²) in [4.78, 5) is 16.5. The van der Waals surface area contributed by atoms with Crippen molar-refractivity contribution in [2.24, 2.45) is 5.41 Å². The molecule has 1 aliphatic rings. The zero-order valence-electron chi connectivity index (χ0n) is 11.1. The van der Waals surface area contributed by atoms with Crippen molar-refractivity contribution in [1.29, 1.82) is 0 Å². The van der Waals surface area contributed by atoms with Crippen molar-refractivity contribution < 1.29 is 4.79 Å². The highest BCUT2D eigenvalue weighted by atomic mass is 35.5. The summed E-state index contributed by atoms with van der Waals surface area (Å²) in [6, 6.07) is 7.36. The van der Waals surface area contributed by atoms with Gasteiger partial charge < -0.3 is 0 Å². The van der Waals surface area contributed by atoms with E-state index in [1.54, 1.807) is 18.5 Å². The van der Waals surface area contributed by atoms with E-state index in [1.807, 2.05) is 25.1 Å². The van der Waals surface area contributed by atoms with Crippen LogP contribution in [0, 0.1) is 5.41 Å². The van der Waals surface area contributed by atoms with Crippen molar-refractivity contribution in [1.82, 2.24) is 14.8 Å². The highest BCUT2D eigenvalue weighted by Crippen LogP contribution is 2.48. The van der Waals surface area contributed by atoms with E-state index >= 15 is 0 Å². The molecule has 1 heterocycles. The summed E-state index contributed by atoms with van der Waals surface area (Å²) in [5, 5.41) is 4.75. The Morgan fingerprint density at radius 3 is 2.60 bits per heavy atom. The monoisotopic (exact) mass is 287 g/mol. The predicted molar refractivity (Wildman–Crippen MR) is 78.0 cm³/mol. The van der Waals surface area contributed by atoms with Gasteiger partial charge in [-0.1, -0.05) is 30.7 Å². The predicted octanol–water partition coefficient (Wildman–Crippen LogP) is 3.30. The molecule has 0 saturated heterocycles. The van der Waals surface area contributed by atoms with Crippen molar-refractivity contribution in [3.63, 3.8) is 0 Å². The maximum atomic E-state index is 12.6. The van der Waals surface area contributed by atoms with Gasteiger partial charge in [-0.25, -0.2) is 9.67 Å². The second-order valence-corrected chi connectivity index (χ2v) is 5.75. The number of aromatic nitrogens is 3. The van der Waals surface area contributed by atoms with Gasteiger partial charge in [-0.15, -0.1) is 0 Å². The summed E-state index contributed by atoms with van der Waals surface area (Å²) in [6.07, 6.45) is 6.66. The van der Waals surface area contributed by atoms with E-state index in [0.717, 1.165) is 18.4 Å². The molecule has 0 amide bonds. The fraction of sp³-hybridized carbons (Fsp3) is 0.267. The molecule has 0 bridgehead atoms. The molecule has 2 aromatic rings. The van der Waals surface area contributed by atoms with Crippen LogP contribution >= 0.6 is 11.6 Å². The van der Waals surface area contributed by atoms with Crippen molar-refractivity contribution >= 4 is 29.2 Å². The van der Waals surface area contributed by atoms with Crippen LogP contribution in [0.2, 0.25) is 5.02 Å². The van der Waals surface area contributed by atoms with Gasteiger partial charge >= 0.3 is 0 Å². The molecule has 3 rings (SSSR count). The molecular weight excluding hydrogens is 274 g/mol. The second kappa shape index (κ2) is 4.87. The van der Waals surface area contributed by atoms with Crippen molar-refractivity contribution in [2.75, 3.05) is 0 Å². The number of carbonyl (C=O) groups is 1. The van der Waals surface area contributed by atoms with Crippen LogP contribution in [-0.4, -0.2) is 20.5 Å². The van der Waals surface area contributed by atoms with Crippen LogP contribution in [0.15, 0.2) is 36.9 Å². The maximum Gasteiger partial charge on any atom is 0.187 e. The third-order valence-corrected chi connectivity index (χ3v) is 3.87. The van der Waals surface area contributed by atoms with Gasteiger partial charge in [-0.05, 0) is 36.6 Å². The Morgan fingerprint density at radius 2 is 2.05 bits per heavy atom. The molecule has 0 atom stereocenters. The minimum atomic E-state index is -0.246. The largest absolute Gasteiger partial charge is 0.292 e. The number of nitrogens with zero attached hydrogens (tertiary/aromatic N) is 3. The highest BCUT2D eigenvalue weighted by molar-refractivity contribution is 6.30. The van der Waals surface area contributed by atoms with E-state index in [1.165, 1.54) is 11.0 Å². The summed E-state index contributed by atoms with van der Waals surface area (Å²) < 4.78 is 1.53. The van der Waals surface area contributed by atoms with E-state index in [2.05, 4.69) is 10.1 Å². The number of hydrogen-bond donors (Lipinski definition) is 0. The third-order valence-electron chi connectivity index (χ3n) is 3.62. The molecular formula is C15H14ClN3O. The number of ketones is 1. The van der Waals surface area contributed by atoms with Crippen molar-refractivity contribution in [2.45, 2.75) is 19.8 Å². The van der Waals surface area contributed by atoms with Crippen LogP contribution in [0.25, 0.3) is 11.8 Å². The van der Waals surface area contributed by atoms with E-state index in [0.29, 0.717) is 10.7 Å². The van der Waals surface area contributed by atoms with Crippen LogP contribution in [0.3, 0.4) is 0 Å². The standard InChI is InChI=1S/C15H14ClN3O/c1-15(6-7-15)14(20)13(19-10-17-9-18-19)8-11-2-4-12(16)5-3-11/h2-5,8-10H,6-7H2,1H3/b13-8-. The van der Waals surface area contributed by atoms with Gasteiger partial charge in [-0.2, -0.15) is 5.10 Å². The molecule has 0 N–H and O–H groups in total. The lowest BCUT2D eigenvalue weighted by Crippen LogP contribution is -2.18. The molecule has 1 fully saturated rings. The number of halogens is 1. The maximum absolute atomic E-state index is 12.6. The fourth-order valence-electron chi connectivity index (χ4n) is 2.01. The first kappa shape index (κ1) is 13.1. The second-order valence-electron chi connectivity index (χ2n) is 5.31. The lowest BCUT2D eigenvalue weighted by atomic mass is 9.99. The minimum Gasteiger partial charge on any atom is -0.292 e. The van der Waals surface area contributed by atoms with Gasteiger partial charge in [0, 0.05) is 10.4 Å². The number of allylic oxidation sites excluding steroid dienone is 1. The lowest BCUT2D eigenvalue weighted by molar-refractivity contribution is -0.118. The van der Waals surface area contributed by atoms with Gasteiger partial charge in [-0.3, -0.25) is 4.79 Å². The van der Waals surface area contributed by atoms with E-state index in [-0.39, 0.29) is 11.2 Å². The molecule has 0 unspecified atom stereocenters. The first-order valence-electron chi connectivity index (χ1n) is 6.46. The van der Waals surface area contributed by atoms with Crippen LogP contribution in [0.5, 0.6) is 0 Å². The van der Waals surface area contributed by atoms with E-state index in [9.17, 15) is 4.79 Å². The molecule has 1 aromatic carbocycles. The number of hydrogen-bond acceptors (Lipinski definition) is 3. The molecule has 102 valence electrons. The van der Waals surface area contributed by atoms with Gasteiger partial charge in [0.1, 0.15) is 18.4 Å². The number of benzene rings is 1. The van der Waals surface area contributed by atoms with Gasteiger partial charge in [0.05, 0.1) is 0 Å². The first-order valence-corrected chi connectivity index (χ1v) is 6.83. The van der Waals surface area contributed by atoms with Crippen LogP contribution < -0.4 is 0 Å². The Labute approximate surface area is 122 Å². The van der Waals surface area contributed by atoms with E-state index in [4.69, 9.17) is 11.6 Å². The molecule has 20 heavy (non-hydrogen) atoms. The van der Waals surface area contributed by atoms with Gasteiger partial charge in [0.15, 0.2) is 5.78 Å². The summed E-state index contributed by atoms with van der Waals surface area (Å²) >= 11 is 5.88. The quantitative estimate of drug-likeness (QED) is 0.811. The van der Waals surface area contributed by atoms with Gasteiger partial charge in [0.2, 0.25) is 0 Å². The van der Waals surface area contributed by atoms with Gasteiger partial charge in [0.25, 0.3) is 0 Å². The molecule has 1 aromatic heterocycles. The third kappa shape index (κ3) is 2.51. The van der Waals surface area contributed by atoms with Crippen molar-refractivity contribution in [3.8, 4) is 0 Å². The molecule has 0 aliphatic heterocycles.